The SMILES string of the molecule is CCCCCCC1CCc2c(ccc(C3CCC4CC(C=C(F)F)CCC4C3)c2F)C1. The molecule has 0 bridgehead atoms. The van der Waals surface area contributed by atoms with Gasteiger partial charge in [-0.05, 0) is 110 Å². The first-order valence-corrected chi connectivity index (χ1v) is 12.9. The summed E-state index contributed by atoms with van der Waals surface area (Å²) in [5, 5.41) is 0. The molecule has 0 aromatic heterocycles. The molecule has 5 atom stereocenters. The molecule has 172 valence electrons. The van der Waals surface area contributed by atoms with Gasteiger partial charge in [0.05, 0.1) is 0 Å². The van der Waals surface area contributed by atoms with Crippen molar-refractivity contribution in [2.24, 2.45) is 23.7 Å². The molecule has 1 aromatic carbocycles. The number of fused-ring (bicyclic) bond motifs is 2. The summed E-state index contributed by atoms with van der Waals surface area (Å²) in [6, 6.07) is 4.31. The second-order valence-electron chi connectivity index (χ2n) is 10.6. The smallest absolute Gasteiger partial charge is 0.206 e. The van der Waals surface area contributed by atoms with Crippen molar-refractivity contribution in [3.8, 4) is 0 Å². The van der Waals surface area contributed by atoms with Crippen molar-refractivity contribution in [2.45, 2.75) is 103 Å². The zero-order valence-electron chi connectivity index (χ0n) is 19.2. The zero-order valence-corrected chi connectivity index (χ0v) is 19.2. The molecule has 2 saturated carbocycles. The minimum absolute atomic E-state index is 0.0400. The Morgan fingerprint density at radius 3 is 2.58 bits per heavy atom. The maximum atomic E-state index is 15.6. The third-order valence-corrected chi connectivity index (χ3v) is 8.60. The minimum atomic E-state index is -1.53. The van der Waals surface area contributed by atoms with Crippen molar-refractivity contribution in [3.05, 3.63) is 46.8 Å². The van der Waals surface area contributed by atoms with Crippen LogP contribution in [0.3, 0.4) is 0 Å². The van der Waals surface area contributed by atoms with Gasteiger partial charge < -0.3 is 0 Å². The highest BCUT2D eigenvalue weighted by Crippen LogP contribution is 2.49. The van der Waals surface area contributed by atoms with Gasteiger partial charge in [0, 0.05) is 0 Å². The maximum absolute atomic E-state index is 15.6. The first-order chi connectivity index (χ1) is 15.0. The van der Waals surface area contributed by atoms with Crippen molar-refractivity contribution in [1.29, 1.82) is 0 Å². The summed E-state index contributed by atoms with van der Waals surface area (Å²) < 4.78 is 40.8. The van der Waals surface area contributed by atoms with Crippen molar-refractivity contribution < 1.29 is 13.2 Å². The molecule has 3 aliphatic rings. The Kier molecular flexibility index (Phi) is 7.82. The molecule has 3 aliphatic carbocycles. The first kappa shape index (κ1) is 22.9. The van der Waals surface area contributed by atoms with Gasteiger partial charge in [-0.3, -0.25) is 0 Å². The first-order valence-electron chi connectivity index (χ1n) is 12.9. The van der Waals surface area contributed by atoms with Gasteiger partial charge in [0.2, 0.25) is 0 Å². The summed E-state index contributed by atoms with van der Waals surface area (Å²) >= 11 is 0. The van der Waals surface area contributed by atoms with Gasteiger partial charge in [-0.15, -0.1) is 0 Å². The average molecular weight is 433 g/mol. The molecule has 1 aromatic rings. The van der Waals surface area contributed by atoms with Gasteiger partial charge in [0.25, 0.3) is 6.08 Å². The number of rotatable bonds is 7. The fourth-order valence-electron chi connectivity index (χ4n) is 6.86. The molecule has 0 heterocycles. The highest BCUT2D eigenvalue weighted by molar-refractivity contribution is 5.38. The Bertz CT molecular complexity index is 764. The van der Waals surface area contributed by atoms with Crippen LogP contribution in [0.25, 0.3) is 0 Å². The Labute approximate surface area is 186 Å². The van der Waals surface area contributed by atoms with E-state index in [0.717, 1.165) is 74.8 Å². The molecule has 5 unspecified atom stereocenters. The molecule has 2 fully saturated rings. The van der Waals surface area contributed by atoms with E-state index < -0.39 is 6.08 Å². The molecule has 0 N–H and O–H groups in total. The van der Waals surface area contributed by atoms with E-state index in [4.69, 9.17) is 0 Å². The topological polar surface area (TPSA) is 0 Å². The van der Waals surface area contributed by atoms with Crippen LogP contribution in [0.15, 0.2) is 24.3 Å². The second-order valence-corrected chi connectivity index (χ2v) is 10.6. The van der Waals surface area contributed by atoms with Crippen LogP contribution >= 0.6 is 0 Å². The molecular formula is C28H39F3. The van der Waals surface area contributed by atoms with Crippen LogP contribution in [0.4, 0.5) is 13.2 Å². The third-order valence-electron chi connectivity index (χ3n) is 8.60. The molecule has 0 amide bonds. The second kappa shape index (κ2) is 10.6. The summed E-state index contributed by atoms with van der Waals surface area (Å²) in [4.78, 5) is 0. The van der Waals surface area contributed by atoms with Crippen molar-refractivity contribution >= 4 is 0 Å². The van der Waals surface area contributed by atoms with Crippen molar-refractivity contribution in [1.82, 2.24) is 0 Å². The highest BCUT2D eigenvalue weighted by Gasteiger charge is 2.37. The molecule has 0 aliphatic heterocycles. The van der Waals surface area contributed by atoms with E-state index in [2.05, 4.69) is 19.1 Å². The summed E-state index contributed by atoms with van der Waals surface area (Å²) in [5.41, 5.74) is 3.19. The van der Waals surface area contributed by atoms with Crippen LogP contribution in [-0.4, -0.2) is 0 Å². The largest absolute Gasteiger partial charge is 0.266 e. The number of hydrogen-bond donors (Lipinski definition) is 0. The van der Waals surface area contributed by atoms with E-state index in [1.807, 2.05) is 0 Å². The van der Waals surface area contributed by atoms with Gasteiger partial charge in [0.15, 0.2) is 0 Å². The molecule has 0 spiro atoms. The lowest BCUT2D eigenvalue weighted by atomic mass is 9.63. The average Bonchev–Trinajstić information content (AvgIpc) is 2.76. The summed E-state index contributed by atoms with van der Waals surface area (Å²) in [7, 11) is 0. The van der Waals surface area contributed by atoms with E-state index in [1.165, 1.54) is 43.7 Å². The molecule has 4 rings (SSSR count). The van der Waals surface area contributed by atoms with Crippen LogP contribution in [0, 0.1) is 29.5 Å². The highest BCUT2D eigenvalue weighted by atomic mass is 19.3. The van der Waals surface area contributed by atoms with Crippen LogP contribution < -0.4 is 0 Å². The summed E-state index contributed by atoms with van der Waals surface area (Å²) in [6.07, 6.45) is 15.1. The number of unbranched alkanes of at least 4 members (excludes halogenated alkanes) is 3. The van der Waals surface area contributed by atoms with Crippen LogP contribution in [0.5, 0.6) is 0 Å². The normalized spacial score (nSPS) is 30.4. The van der Waals surface area contributed by atoms with E-state index in [1.54, 1.807) is 0 Å². The molecule has 0 radical (unpaired) electrons. The zero-order chi connectivity index (χ0) is 21.8. The van der Waals surface area contributed by atoms with Gasteiger partial charge in [0.1, 0.15) is 5.82 Å². The van der Waals surface area contributed by atoms with Crippen LogP contribution in [-0.2, 0) is 12.8 Å². The predicted molar refractivity (Wildman–Crippen MR) is 122 cm³/mol. The quantitative estimate of drug-likeness (QED) is 0.377. The Morgan fingerprint density at radius 2 is 1.77 bits per heavy atom. The van der Waals surface area contributed by atoms with Gasteiger partial charge in [-0.1, -0.05) is 51.2 Å². The minimum Gasteiger partial charge on any atom is -0.206 e. The number of halogens is 3. The van der Waals surface area contributed by atoms with E-state index in [-0.39, 0.29) is 11.7 Å². The number of hydrogen-bond acceptors (Lipinski definition) is 0. The third kappa shape index (κ3) is 5.57. The lowest BCUT2D eigenvalue weighted by molar-refractivity contribution is 0.131. The lowest BCUT2D eigenvalue weighted by Crippen LogP contribution is -2.30. The Balaban J connectivity index is 1.37. The van der Waals surface area contributed by atoms with Crippen LogP contribution in [0.2, 0.25) is 0 Å². The summed E-state index contributed by atoms with van der Waals surface area (Å²) in [5.74, 6) is 2.28. The lowest BCUT2D eigenvalue weighted by Gasteiger charge is -2.42. The monoisotopic (exact) mass is 432 g/mol. The van der Waals surface area contributed by atoms with Crippen molar-refractivity contribution in [3.63, 3.8) is 0 Å². The molecule has 3 heteroatoms. The fourth-order valence-corrected chi connectivity index (χ4v) is 6.86. The van der Waals surface area contributed by atoms with Gasteiger partial charge in [-0.25, -0.2) is 4.39 Å². The van der Waals surface area contributed by atoms with E-state index in [9.17, 15) is 8.78 Å². The molecule has 0 saturated heterocycles. The number of benzene rings is 1. The van der Waals surface area contributed by atoms with E-state index >= 15 is 4.39 Å². The molecule has 0 nitrogen and oxygen atoms in total. The van der Waals surface area contributed by atoms with Gasteiger partial charge in [-0.2, -0.15) is 8.78 Å². The van der Waals surface area contributed by atoms with Gasteiger partial charge >= 0.3 is 0 Å². The molecule has 31 heavy (non-hydrogen) atoms. The summed E-state index contributed by atoms with van der Waals surface area (Å²) in [6.45, 7) is 2.25. The predicted octanol–water partition coefficient (Wildman–Crippen LogP) is 8.98. The maximum Gasteiger partial charge on any atom is 0.266 e. The van der Waals surface area contributed by atoms with E-state index in [0.29, 0.717) is 17.8 Å². The standard InChI is InChI=1S/C28H39F3/c1-2-3-4-5-6-19-8-13-25-23(15-19)12-14-26(28(25)31)24-11-10-21-16-20(17-27(29)30)7-9-22(21)18-24/h12,14,17,19-22,24H,2-11,13,15-16,18H2,1H3. The Hall–Kier alpha value is -1.25. The molecular weight excluding hydrogens is 393 g/mol. The Morgan fingerprint density at radius 1 is 0.968 bits per heavy atom. The fraction of sp³-hybridized carbons (Fsp3) is 0.714. The number of allylic oxidation sites excluding steroid dienone is 1. The van der Waals surface area contributed by atoms with Crippen LogP contribution in [0.1, 0.15) is 107 Å². The van der Waals surface area contributed by atoms with Crippen molar-refractivity contribution in [2.75, 3.05) is 0 Å².